The molecule has 104 valence electrons. The molecule has 2 aromatic rings. The Bertz CT molecular complexity index is 670. The Morgan fingerprint density at radius 2 is 2.11 bits per heavy atom. The second-order valence-electron chi connectivity index (χ2n) is 4.13. The Morgan fingerprint density at radius 1 is 1.37 bits per heavy atom. The van der Waals surface area contributed by atoms with E-state index >= 15 is 0 Å². The number of hydrogen-bond donors (Lipinski definition) is 2. The van der Waals surface area contributed by atoms with Gasteiger partial charge in [0.05, 0.1) is 0 Å². The van der Waals surface area contributed by atoms with Crippen molar-refractivity contribution in [2.24, 2.45) is 0 Å². The highest BCUT2D eigenvalue weighted by Gasteiger charge is 2.21. The number of aliphatic hydroxyl groups excluding tert-OH is 1. The van der Waals surface area contributed by atoms with Crippen molar-refractivity contribution >= 4 is 21.4 Å². The van der Waals surface area contributed by atoms with Gasteiger partial charge in [-0.1, -0.05) is 0 Å². The first-order valence-electron chi connectivity index (χ1n) is 5.67. The molecule has 0 bridgehead atoms. The van der Waals surface area contributed by atoms with Crippen molar-refractivity contribution in [1.82, 2.24) is 4.72 Å². The van der Waals surface area contributed by atoms with Gasteiger partial charge >= 0.3 is 0 Å². The second-order valence-corrected chi connectivity index (χ2v) is 7.24. The van der Waals surface area contributed by atoms with Crippen LogP contribution in [0.4, 0.5) is 0 Å². The molecule has 0 aliphatic carbocycles. The minimum absolute atomic E-state index is 0.0739. The minimum Gasteiger partial charge on any atom is -0.462 e. The van der Waals surface area contributed by atoms with Crippen LogP contribution in [0.1, 0.15) is 21.3 Å². The van der Waals surface area contributed by atoms with E-state index in [4.69, 9.17) is 9.52 Å². The van der Waals surface area contributed by atoms with Gasteiger partial charge in [-0.2, -0.15) is 0 Å². The van der Waals surface area contributed by atoms with Crippen molar-refractivity contribution in [3.63, 3.8) is 0 Å². The predicted octanol–water partition coefficient (Wildman–Crippen LogP) is 1.93. The summed E-state index contributed by atoms with van der Waals surface area (Å²) in [5.74, 6) is 0.517. The highest BCUT2D eigenvalue weighted by atomic mass is 32.2. The molecule has 0 aliphatic heterocycles. The van der Waals surface area contributed by atoms with E-state index in [2.05, 4.69) is 4.72 Å². The molecule has 0 aromatic carbocycles. The molecule has 5 nitrogen and oxygen atoms in total. The quantitative estimate of drug-likeness (QED) is 0.884. The zero-order chi connectivity index (χ0) is 14.0. The highest BCUT2D eigenvalue weighted by molar-refractivity contribution is 7.89. The van der Waals surface area contributed by atoms with Gasteiger partial charge in [0.15, 0.2) is 0 Å². The smallest absolute Gasteiger partial charge is 0.244 e. The first kappa shape index (κ1) is 14.3. The maximum Gasteiger partial charge on any atom is 0.244 e. The number of aryl methyl sites for hydroxylation is 2. The van der Waals surface area contributed by atoms with Gasteiger partial charge in [0.2, 0.25) is 10.0 Å². The summed E-state index contributed by atoms with van der Waals surface area (Å²) in [4.78, 5) is 2.16. The van der Waals surface area contributed by atoms with E-state index in [0.717, 1.165) is 9.75 Å². The lowest BCUT2D eigenvalue weighted by Gasteiger charge is -2.03. The number of rotatable bonds is 5. The van der Waals surface area contributed by atoms with Crippen LogP contribution < -0.4 is 4.72 Å². The van der Waals surface area contributed by atoms with Crippen molar-refractivity contribution < 1.29 is 17.9 Å². The van der Waals surface area contributed by atoms with E-state index in [1.54, 1.807) is 18.3 Å². The van der Waals surface area contributed by atoms with Crippen LogP contribution in [0.2, 0.25) is 0 Å². The first-order chi connectivity index (χ1) is 8.92. The maximum absolute atomic E-state index is 12.1. The van der Waals surface area contributed by atoms with Crippen molar-refractivity contribution in [3.8, 4) is 0 Å². The topological polar surface area (TPSA) is 79.5 Å². The molecule has 2 N–H and O–H groups in total. The molecule has 19 heavy (non-hydrogen) atoms. The summed E-state index contributed by atoms with van der Waals surface area (Å²) in [5.41, 5.74) is 0. The maximum atomic E-state index is 12.1. The number of aliphatic hydroxyl groups is 1. The van der Waals surface area contributed by atoms with Crippen LogP contribution in [-0.4, -0.2) is 13.5 Å². The summed E-state index contributed by atoms with van der Waals surface area (Å²) in [5, 5.41) is 8.94. The molecule has 0 spiro atoms. The van der Waals surface area contributed by atoms with Crippen LogP contribution in [0.3, 0.4) is 0 Å². The van der Waals surface area contributed by atoms with Gasteiger partial charge in [-0.3, -0.25) is 0 Å². The number of furan rings is 1. The van der Waals surface area contributed by atoms with Gasteiger partial charge < -0.3 is 9.52 Å². The van der Waals surface area contributed by atoms with E-state index in [1.807, 2.05) is 19.1 Å². The number of hydrogen-bond acceptors (Lipinski definition) is 5. The highest BCUT2D eigenvalue weighted by Crippen LogP contribution is 2.21. The molecule has 0 atom stereocenters. The van der Waals surface area contributed by atoms with Crippen molar-refractivity contribution in [1.29, 1.82) is 0 Å². The summed E-state index contributed by atoms with van der Waals surface area (Å²) in [6.07, 6.45) is 0. The van der Waals surface area contributed by atoms with E-state index in [9.17, 15) is 8.42 Å². The van der Waals surface area contributed by atoms with Crippen molar-refractivity contribution in [2.45, 2.75) is 31.9 Å². The summed E-state index contributed by atoms with van der Waals surface area (Å²) in [6, 6.07) is 5.18. The third-order valence-corrected chi connectivity index (χ3v) is 5.11. The van der Waals surface area contributed by atoms with Crippen LogP contribution >= 0.6 is 11.3 Å². The molecule has 2 rings (SSSR count). The predicted molar refractivity (Wildman–Crippen MR) is 72.4 cm³/mol. The lowest BCUT2D eigenvalue weighted by atomic mass is 10.4. The van der Waals surface area contributed by atoms with Crippen LogP contribution in [0.15, 0.2) is 27.5 Å². The normalized spacial score (nSPS) is 11.9. The Morgan fingerprint density at radius 3 is 2.63 bits per heavy atom. The summed E-state index contributed by atoms with van der Waals surface area (Å²) < 4.78 is 31.9. The fourth-order valence-electron chi connectivity index (χ4n) is 1.69. The van der Waals surface area contributed by atoms with E-state index in [1.165, 1.54) is 6.07 Å². The average molecular weight is 301 g/mol. The molecule has 0 saturated carbocycles. The molecule has 0 amide bonds. The minimum atomic E-state index is -3.62. The van der Waals surface area contributed by atoms with Crippen LogP contribution in [0.25, 0.3) is 0 Å². The van der Waals surface area contributed by atoms with Crippen molar-refractivity contribution in [3.05, 3.63) is 39.5 Å². The van der Waals surface area contributed by atoms with Gasteiger partial charge in [0.25, 0.3) is 0 Å². The SMILES string of the molecule is Cc1ccc(CNS(=O)(=O)c2cc(CO)oc2C)s1. The lowest BCUT2D eigenvalue weighted by molar-refractivity contribution is 0.244. The molecule has 0 fully saturated rings. The summed E-state index contributed by atoms with van der Waals surface area (Å²) in [6.45, 7) is 3.46. The molecular weight excluding hydrogens is 286 g/mol. The van der Waals surface area contributed by atoms with E-state index in [0.29, 0.717) is 0 Å². The van der Waals surface area contributed by atoms with Crippen LogP contribution in [0.5, 0.6) is 0 Å². The van der Waals surface area contributed by atoms with Gasteiger partial charge in [-0.25, -0.2) is 13.1 Å². The second kappa shape index (κ2) is 5.46. The van der Waals surface area contributed by atoms with Crippen molar-refractivity contribution in [2.75, 3.05) is 0 Å². The van der Waals surface area contributed by atoms with Crippen LogP contribution in [0, 0.1) is 13.8 Å². The number of thiophene rings is 1. The fourth-order valence-corrected chi connectivity index (χ4v) is 3.82. The molecule has 0 aliphatic rings. The van der Waals surface area contributed by atoms with Gasteiger partial charge in [-0.15, -0.1) is 11.3 Å². The Kier molecular flexibility index (Phi) is 4.10. The average Bonchev–Trinajstić information content (AvgIpc) is 2.93. The summed E-state index contributed by atoms with van der Waals surface area (Å²) in [7, 11) is -3.62. The molecule has 7 heteroatoms. The largest absolute Gasteiger partial charge is 0.462 e. The first-order valence-corrected chi connectivity index (χ1v) is 7.97. The van der Waals surface area contributed by atoms with Crippen LogP contribution in [-0.2, 0) is 23.2 Å². The van der Waals surface area contributed by atoms with Gasteiger partial charge in [0.1, 0.15) is 23.0 Å². The summed E-state index contributed by atoms with van der Waals surface area (Å²) >= 11 is 1.55. The number of sulfonamides is 1. The van der Waals surface area contributed by atoms with E-state index < -0.39 is 10.0 Å². The Labute approximate surface area is 115 Å². The number of nitrogens with one attached hydrogen (secondary N) is 1. The molecule has 0 saturated heterocycles. The molecule has 2 aromatic heterocycles. The molecular formula is C12H15NO4S2. The third kappa shape index (κ3) is 3.24. The molecule has 2 heterocycles. The monoisotopic (exact) mass is 301 g/mol. The van der Waals surface area contributed by atoms with E-state index in [-0.39, 0.29) is 29.6 Å². The zero-order valence-electron chi connectivity index (χ0n) is 10.6. The third-order valence-electron chi connectivity index (χ3n) is 2.60. The lowest BCUT2D eigenvalue weighted by Crippen LogP contribution is -2.23. The molecule has 0 radical (unpaired) electrons. The fraction of sp³-hybridized carbons (Fsp3) is 0.333. The van der Waals surface area contributed by atoms with Gasteiger partial charge in [-0.05, 0) is 26.0 Å². The Hall–Kier alpha value is -1.15. The van der Waals surface area contributed by atoms with Gasteiger partial charge in [0, 0.05) is 22.4 Å². The Balaban J connectivity index is 2.15. The zero-order valence-corrected chi connectivity index (χ0v) is 12.3. The molecule has 0 unspecified atom stereocenters. The standard InChI is InChI=1S/C12H15NO4S2/c1-8-3-4-11(18-8)6-13-19(15,16)12-5-10(7-14)17-9(12)2/h3-5,13-14H,6-7H2,1-2H3.